The zero-order chi connectivity index (χ0) is 7.84. The van der Waals surface area contributed by atoms with Crippen LogP contribution in [0.3, 0.4) is 0 Å². The van der Waals surface area contributed by atoms with Crippen LogP contribution in [-0.4, -0.2) is 22.4 Å². The van der Waals surface area contributed by atoms with Gasteiger partial charge in [0.2, 0.25) is 0 Å². The predicted octanol–water partition coefficient (Wildman–Crippen LogP) is 2.30. The van der Waals surface area contributed by atoms with Gasteiger partial charge in [0.05, 0.1) is 16.6 Å². The van der Waals surface area contributed by atoms with Gasteiger partial charge in [0.15, 0.2) is 0 Å². The third-order valence-electron chi connectivity index (χ3n) is 1.81. The maximum Gasteiger partial charge on any atom is 0.0930 e. The third-order valence-corrected chi connectivity index (χ3v) is 2.90. The van der Waals surface area contributed by atoms with E-state index >= 15 is 0 Å². The molecule has 2 aliphatic rings. The molecule has 2 heterocycles. The van der Waals surface area contributed by atoms with E-state index in [9.17, 15) is 0 Å². The van der Waals surface area contributed by atoms with Gasteiger partial charge in [-0.2, -0.15) is 0 Å². The summed E-state index contributed by atoms with van der Waals surface area (Å²) >= 11 is 5.79. The summed E-state index contributed by atoms with van der Waals surface area (Å²) in [5.74, 6) is 1.02. The molecule has 0 saturated heterocycles. The molecule has 2 nitrogen and oxygen atoms in total. The Labute approximate surface area is 98.4 Å². The SMILES string of the molecule is I.N=C(S)C1=CCN2CSC=C12. The molecule has 1 N–H and O–H groups in total. The highest BCUT2D eigenvalue weighted by Crippen LogP contribution is 2.33. The van der Waals surface area contributed by atoms with Gasteiger partial charge in [0.1, 0.15) is 0 Å². The van der Waals surface area contributed by atoms with Crippen LogP contribution in [0.5, 0.6) is 0 Å². The van der Waals surface area contributed by atoms with E-state index in [0.29, 0.717) is 5.04 Å². The summed E-state index contributed by atoms with van der Waals surface area (Å²) in [5.41, 5.74) is 2.16. The second-order valence-electron chi connectivity index (χ2n) is 2.49. The Morgan fingerprint density at radius 1 is 1.67 bits per heavy atom. The van der Waals surface area contributed by atoms with Crippen molar-refractivity contribution in [2.24, 2.45) is 0 Å². The molecule has 0 spiro atoms. The van der Waals surface area contributed by atoms with Gasteiger partial charge in [-0.25, -0.2) is 0 Å². The number of allylic oxidation sites excluding steroid dienone is 1. The summed E-state index contributed by atoms with van der Waals surface area (Å²) in [7, 11) is 0. The molecule has 0 atom stereocenters. The number of nitrogens with zero attached hydrogens (tertiary/aromatic N) is 1. The van der Waals surface area contributed by atoms with Crippen molar-refractivity contribution in [1.29, 1.82) is 5.41 Å². The van der Waals surface area contributed by atoms with Crippen molar-refractivity contribution in [2.45, 2.75) is 0 Å². The Balaban J connectivity index is 0.000000720. The fraction of sp³-hybridized carbons (Fsp3) is 0.286. The normalized spacial score (nSPS) is 19.6. The lowest BCUT2D eigenvalue weighted by molar-refractivity contribution is 0.489. The summed E-state index contributed by atoms with van der Waals surface area (Å²) in [6.45, 7) is 0.942. The van der Waals surface area contributed by atoms with Crippen molar-refractivity contribution >= 4 is 53.4 Å². The fourth-order valence-electron chi connectivity index (χ4n) is 1.26. The van der Waals surface area contributed by atoms with Gasteiger partial charge in [0, 0.05) is 12.1 Å². The van der Waals surface area contributed by atoms with Crippen LogP contribution in [0.4, 0.5) is 0 Å². The highest BCUT2D eigenvalue weighted by atomic mass is 127. The van der Waals surface area contributed by atoms with E-state index in [0.717, 1.165) is 18.0 Å². The van der Waals surface area contributed by atoms with Crippen molar-refractivity contribution in [3.63, 3.8) is 0 Å². The van der Waals surface area contributed by atoms with Crippen LogP contribution in [0, 0.1) is 5.41 Å². The van der Waals surface area contributed by atoms with Gasteiger partial charge >= 0.3 is 0 Å². The highest BCUT2D eigenvalue weighted by Gasteiger charge is 2.24. The number of fused-ring (bicyclic) bond motifs is 1. The van der Waals surface area contributed by atoms with Gasteiger partial charge in [-0.3, -0.25) is 5.41 Å². The molecule has 0 aromatic heterocycles. The lowest BCUT2D eigenvalue weighted by Gasteiger charge is -2.12. The van der Waals surface area contributed by atoms with Gasteiger partial charge in [-0.15, -0.1) is 48.4 Å². The zero-order valence-corrected chi connectivity index (χ0v) is 10.3. The van der Waals surface area contributed by atoms with Crippen LogP contribution in [0.2, 0.25) is 0 Å². The quantitative estimate of drug-likeness (QED) is 0.336. The summed E-state index contributed by atoms with van der Waals surface area (Å²) < 4.78 is 0. The van der Waals surface area contributed by atoms with Crippen molar-refractivity contribution in [3.8, 4) is 0 Å². The van der Waals surface area contributed by atoms with Crippen LogP contribution >= 0.6 is 48.4 Å². The molecular weight excluding hydrogens is 303 g/mol. The van der Waals surface area contributed by atoms with E-state index in [1.807, 2.05) is 0 Å². The molecule has 0 fully saturated rings. The van der Waals surface area contributed by atoms with Crippen LogP contribution in [0.15, 0.2) is 22.8 Å². The number of nitrogens with one attached hydrogen (secondary N) is 1. The smallest absolute Gasteiger partial charge is 0.0930 e. The van der Waals surface area contributed by atoms with Crippen molar-refractivity contribution in [1.82, 2.24) is 4.90 Å². The standard InChI is InChI=1S/C7H8N2S2.HI/c8-7(10)5-1-2-9-4-11-3-6(5)9;/h1,3H,2,4H2,(H2,8,10);1H. The first-order valence-electron chi connectivity index (χ1n) is 3.34. The van der Waals surface area contributed by atoms with Crippen LogP contribution in [-0.2, 0) is 0 Å². The second kappa shape index (κ2) is 4.06. The summed E-state index contributed by atoms with van der Waals surface area (Å²) in [4.78, 5) is 2.24. The van der Waals surface area contributed by atoms with Gasteiger partial charge < -0.3 is 4.90 Å². The Morgan fingerprint density at radius 2 is 2.42 bits per heavy atom. The second-order valence-corrected chi connectivity index (χ2v) is 3.76. The fourth-order valence-corrected chi connectivity index (χ4v) is 2.40. The topological polar surface area (TPSA) is 27.1 Å². The van der Waals surface area contributed by atoms with Crippen LogP contribution in [0.1, 0.15) is 0 Å². The molecule has 0 saturated carbocycles. The van der Waals surface area contributed by atoms with E-state index in [1.54, 1.807) is 11.8 Å². The number of thioether (sulfide) groups is 1. The number of hydrogen-bond acceptors (Lipinski definition) is 3. The molecule has 0 aromatic carbocycles. The van der Waals surface area contributed by atoms with Crippen LogP contribution in [0.25, 0.3) is 0 Å². The molecule has 0 radical (unpaired) electrons. The molecule has 0 bridgehead atoms. The third kappa shape index (κ3) is 1.67. The Kier molecular flexibility index (Phi) is 3.54. The van der Waals surface area contributed by atoms with Crippen molar-refractivity contribution < 1.29 is 0 Å². The summed E-state index contributed by atoms with van der Waals surface area (Å²) in [6, 6.07) is 0. The number of halogens is 1. The molecule has 0 unspecified atom stereocenters. The monoisotopic (exact) mass is 312 g/mol. The van der Waals surface area contributed by atoms with E-state index in [4.69, 9.17) is 5.41 Å². The Morgan fingerprint density at radius 3 is 3.08 bits per heavy atom. The summed E-state index contributed by atoms with van der Waals surface area (Å²) in [5, 5.41) is 9.84. The first-order valence-corrected chi connectivity index (χ1v) is 4.84. The molecule has 2 rings (SSSR count). The van der Waals surface area contributed by atoms with Gasteiger partial charge in [-0.05, 0) is 5.41 Å². The van der Waals surface area contributed by atoms with E-state index in [1.165, 1.54) is 5.70 Å². The molecule has 66 valence electrons. The molecule has 2 aliphatic heterocycles. The van der Waals surface area contributed by atoms with E-state index in [2.05, 4.69) is 29.0 Å². The van der Waals surface area contributed by atoms with E-state index in [-0.39, 0.29) is 24.0 Å². The number of hydrogen-bond donors (Lipinski definition) is 2. The maximum atomic E-state index is 7.36. The molecule has 0 aromatic rings. The maximum absolute atomic E-state index is 7.36. The first kappa shape index (κ1) is 10.5. The van der Waals surface area contributed by atoms with Crippen molar-refractivity contribution in [3.05, 3.63) is 22.8 Å². The van der Waals surface area contributed by atoms with Crippen LogP contribution < -0.4 is 0 Å². The number of thiol groups is 1. The van der Waals surface area contributed by atoms with Crippen molar-refractivity contribution in [2.75, 3.05) is 12.4 Å². The lowest BCUT2D eigenvalue weighted by Crippen LogP contribution is -2.14. The predicted molar refractivity (Wildman–Crippen MR) is 67.5 cm³/mol. The zero-order valence-electron chi connectivity index (χ0n) is 6.28. The Bertz CT molecular complexity index is 273. The van der Waals surface area contributed by atoms with E-state index < -0.39 is 0 Å². The average Bonchev–Trinajstić information content (AvgIpc) is 2.41. The highest BCUT2D eigenvalue weighted by molar-refractivity contribution is 14.0. The van der Waals surface area contributed by atoms with Gasteiger partial charge in [0.25, 0.3) is 0 Å². The molecular formula is C7H9IN2S2. The molecule has 5 heteroatoms. The minimum absolute atomic E-state index is 0. The number of rotatable bonds is 1. The van der Waals surface area contributed by atoms with Gasteiger partial charge in [-0.1, -0.05) is 6.08 Å². The largest absolute Gasteiger partial charge is 0.357 e. The lowest BCUT2D eigenvalue weighted by atomic mass is 10.2. The molecule has 0 aliphatic carbocycles. The minimum Gasteiger partial charge on any atom is -0.357 e. The molecule has 0 amide bonds. The molecule has 12 heavy (non-hydrogen) atoms. The minimum atomic E-state index is 0. The first-order chi connectivity index (χ1) is 5.29. The summed E-state index contributed by atoms with van der Waals surface area (Å²) in [6.07, 6.45) is 2.06. The average molecular weight is 312 g/mol. The Hall–Kier alpha value is 0.380.